The number of benzene rings is 1. The third-order valence-corrected chi connectivity index (χ3v) is 4.19. The summed E-state index contributed by atoms with van der Waals surface area (Å²) in [4.78, 5) is 4.48. The SMILES string of the molecule is CC[C@@H]1CN=C(Nc2ccc(/C(C)=N\N)cc2)S1. The third-order valence-electron chi connectivity index (χ3n) is 2.92. The molecule has 0 amide bonds. The van der Waals surface area contributed by atoms with E-state index in [1.54, 1.807) is 0 Å². The van der Waals surface area contributed by atoms with E-state index in [9.17, 15) is 0 Å². The Kier molecular flexibility index (Phi) is 4.25. The van der Waals surface area contributed by atoms with E-state index in [1.165, 1.54) is 0 Å². The van der Waals surface area contributed by atoms with E-state index in [2.05, 4.69) is 22.3 Å². The molecule has 18 heavy (non-hydrogen) atoms. The number of nitrogens with zero attached hydrogens (tertiary/aromatic N) is 2. The van der Waals surface area contributed by atoms with Crippen molar-refractivity contribution in [1.29, 1.82) is 0 Å². The van der Waals surface area contributed by atoms with Crippen LogP contribution >= 0.6 is 11.8 Å². The highest BCUT2D eigenvalue weighted by Crippen LogP contribution is 2.24. The molecule has 0 aromatic heterocycles. The fourth-order valence-corrected chi connectivity index (χ4v) is 2.65. The maximum absolute atomic E-state index is 5.25. The fraction of sp³-hybridized carbons (Fsp3) is 0.385. The molecule has 1 aliphatic rings. The first-order valence-corrected chi connectivity index (χ1v) is 6.94. The van der Waals surface area contributed by atoms with Crippen LogP contribution in [0.15, 0.2) is 34.4 Å². The van der Waals surface area contributed by atoms with Crippen molar-refractivity contribution in [3.05, 3.63) is 29.8 Å². The Hall–Kier alpha value is -1.49. The Morgan fingerprint density at radius 3 is 2.78 bits per heavy atom. The number of nitrogens with one attached hydrogen (secondary N) is 1. The van der Waals surface area contributed by atoms with Crippen LogP contribution in [0.2, 0.25) is 0 Å². The zero-order valence-electron chi connectivity index (χ0n) is 10.7. The second-order valence-electron chi connectivity index (χ2n) is 4.21. The van der Waals surface area contributed by atoms with Gasteiger partial charge in [-0.25, -0.2) is 0 Å². The minimum absolute atomic E-state index is 0.624. The van der Waals surface area contributed by atoms with Gasteiger partial charge in [0.1, 0.15) is 0 Å². The number of nitrogens with two attached hydrogens (primary N) is 1. The number of rotatable bonds is 3. The van der Waals surface area contributed by atoms with Crippen LogP contribution in [-0.2, 0) is 0 Å². The van der Waals surface area contributed by atoms with Crippen molar-refractivity contribution in [2.75, 3.05) is 11.9 Å². The Morgan fingerprint density at radius 2 is 2.22 bits per heavy atom. The molecule has 0 aliphatic carbocycles. The van der Waals surface area contributed by atoms with Crippen LogP contribution in [0.1, 0.15) is 25.8 Å². The van der Waals surface area contributed by atoms with Gasteiger partial charge < -0.3 is 11.2 Å². The molecular formula is C13H18N4S. The summed E-state index contributed by atoms with van der Waals surface area (Å²) in [7, 11) is 0. The van der Waals surface area contributed by atoms with E-state index in [0.717, 1.165) is 35.1 Å². The quantitative estimate of drug-likeness (QED) is 0.500. The van der Waals surface area contributed by atoms with E-state index in [1.807, 2.05) is 43.0 Å². The molecule has 0 saturated heterocycles. The average Bonchev–Trinajstić information content (AvgIpc) is 2.86. The number of amidine groups is 1. The summed E-state index contributed by atoms with van der Waals surface area (Å²) in [5, 5.41) is 8.65. The summed E-state index contributed by atoms with van der Waals surface area (Å²) in [5.41, 5.74) is 2.92. The van der Waals surface area contributed by atoms with Crippen molar-refractivity contribution in [3.63, 3.8) is 0 Å². The summed E-state index contributed by atoms with van der Waals surface area (Å²) in [6.45, 7) is 5.01. The van der Waals surface area contributed by atoms with Crippen LogP contribution < -0.4 is 11.2 Å². The predicted molar refractivity (Wildman–Crippen MR) is 80.4 cm³/mol. The van der Waals surface area contributed by atoms with Gasteiger partial charge in [0.2, 0.25) is 0 Å². The number of aliphatic imine (C=N–C) groups is 1. The van der Waals surface area contributed by atoms with Gasteiger partial charge in [-0.1, -0.05) is 30.8 Å². The van der Waals surface area contributed by atoms with Gasteiger partial charge in [0.25, 0.3) is 0 Å². The topological polar surface area (TPSA) is 62.8 Å². The molecule has 0 unspecified atom stereocenters. The highest BCUT2D eigenvalue weighted by atomic mass is 32.2. The van der Waals surface area contributed by atoms with Crippen molar-refractivity contribution in [1.82, 2.24) is 0 Å². The normalized spacial score (nSPS) is 19.8. The van der Waals surface area contributed by atoms with Crippen molar-refractivity contribution >= 4 is 28.3 Å². The second kappa shape index (κ2) is 5.91. The molecule has 4 nitrogen and oxygen atoms in total. The Labute approximate surface area is 112 Å². The van der Waals surface area contributed by atoms with Gasteiger partial charge in [-0.3, -0.25) is 4.99 Å². The lowest BCUT2D eigenvalue weighted by Crippen LogP contribution is -2.07. The lowest BCUT2D eigenvalue weighted by molar-refractivity contribution is 0.843. The van der Waals surface area contributed by atoms with Gasteiger partial charge >= 0.3 is 0 Å². The van der Waals surface area contributed by atoms with Gasteiger partial charge in [0.15, 0.2) is 5.17 Å². The Bertz CT molecular complexity index is 464. The molecule has 3 N–H and O–H groups in total. The predicted octanol–water partition coefficient (Wildman–Crippen LogP) is 2.66. The molecule has 96 valence electrons. The first kappa shape index (κ1) is 13.0. The molecule has 2 rings (SSSR count). The molecule has 0 fully saturated rings. The summed E-state index contributed by atoms with van der Waals surface area (Å²) in [5.74, 6) is 5.25. The maximum atomic E-state index is 5.25. The summed E-state index contributed by atoms with van der Waals surface area (Å²) >= 11 is 1.82. The minimum Gasteiger partial charge on any atom is -0.335 e. The number of anilines is 1. The second-order valence-corrected chi connectivity index (χ2v) is 5.50. The van der Waals surface area contributed by atoms with Gasteiger partial charge in [-0.2, -0.15) is 5.10 Å². The molecular weight excluding hydrogens is 244 g/mol. The Morgan fingerprint density at radius 1 is 1.50 bits per heavy atom. The van der Waals surface area contributed by atoms with Crippen LogP contribution in [0.4, 0.5) is 5.69 Å². The zero-order chi connectivity index (χ0) is 13.0. The van der Waals surface area contributed by atoms with Crippen molar-refractivity contribution in [2.45, 2.75) is 25.5 Å². The lowest BCUT2D eigenvalue weighted by atomic mass is 10.1. The largest absolute Gasteiger partial charge is 0.335 e. The molecule has 1 atom stereocenters. The van der Waals surface area contributed by atoms with Crippen LogP contribution in [0.3, 0.4) is 0 Å². The summed E-state index contributed by atoms with van der Waals surface area (Å²) in [6.07, 6.45) is 1.16. The van der Waals surface area contributed by atoms with Gasteiger partial charge in [-0.15, -0.1) is 0 Å². The van der Waals surface area contributed by atoms with E-state index >= 15 is 0 Å². The lowest BCUT2D eigenvalue weighted by Gasteiger charge is -2.07. The van der Waals surface area contributed by atoms with E-state index < -0.39 is 0 Å². The molecule has 0 bridgehead atoms. The van der Waals surface area contributed by atoms with E-state index in [0.29, 0.717) is 5.25 Å². The zero-order valence-corrected chi connectivity index (χ0v) is 11.5. The number of hydrogen-bond acceptors (Lipinski definition) is 5. The number of thioether (sulfide) groups is 1. The van der Waals surface area contributed by atoms with Crippen molar-refractivity contribution < 1.29 is 0 Å². The monoisotopic (exact) mass is 262 g/mol. The first-order chi connectivity index (χ1) is 8.72. The van der Waals surface area contributed by atoms with Crippen molar-refractivity contribution in [3.8, 4) is 0 Å². The molecule has 0 spiro atoms. The standard InChI is InChI=1S/C13H18N4S/c1-3-12-8-15-13(18-12)16-11-6-4-10(5-7-11)9(2)17-14/h4-7,12H,3,8,14H2,1-2H3,(H,15,16)/b17-9-/t12-/m1/s1. The number of hydrogen-bond donors (Lipinski definition) is 2. The van der Waals surface area contributed by atoms with Crippen LogP contribution in [0.5, 0.6) is 0 Å². The molecule has 5 heteroatoms. The van der Waals surface area contributed by atoms with E-state index in [4.69, 9.17) is 5.84 Å². The van der Waals surface area contributed by atoms with Crippen LogP contribution in [0, 0.1) is 0 Å². The fourth-order valence-electron chi connectivity index (χ4n) is 1.69. The van der Waals surface area contributed by atoms with Gasteiger partial charge in [0, 0.05) is 10.9 Å². The molecule has 1 aromatic rings. The van der Waals surface area contributed by atoms with Gasteiger partial charge in [0.05, 0.1) is 12.3 Å². The molecule has 1 heterocycles. The molecule has 0 saturated carbocycles. The van der Waals surface area contributed by atoms with E-state index in [-0.39, 0.29) is 0 Å². The maximum Gasteiger partial charge on any atom is 0.161 e. The minimum atomic E-state index is 0.624. The highest BCUT2D eigenvalue weighted by Gasteiger charge is 2.17. The van der Waals surface area contributed by atoms with Crippen molar-refractivity contribution in [2.24, 2.45) is 15.9 Å². The molecule has 1 aromatic carbocycles. The van der Waals surface area contributed by atoms with Crippen LogP contribution in [-0.4, -0.2) is 22.7 Å². The van der Waals surface area contributed by atoms with Crippen LogP contribution in [0.25, 0.3) is 0 Å². The number of hydrazone groups is 1. The Balaban J connectivity index is 1.99. The van der Waals surface area contributed by atoms with Gasteiger partial charge in [-0.05, 0) is 31.0 Å². The summed E-state index contributed by atoms with van der Waals surface area (Å²) in [6, 6.07) is 8.05. The average molecular weight is 262 g/mol. The first-order valence-electron chi connectivity index (χ1n) is 6.06. The molecule has 1 aliphatic heterocycles. The molecule has 0 radical (unpaired) electrons. The third kappa shape index (κ3) is 3.04. The summed E-state index contributed by atoms with van der Waals surface area (Å²) < 4.78 is 0. The highest BCUT2D eigenvalue weighted by molar-refractivity contribution is 8.15. The smallest absolute Gasteiger partial charge is 0.161 e.